The first-order valence-electron chi connectivity index (χ1n) is 26.1. The van der Waals surface area contributed by atoms with Gasteiger partial charge in [-0.05, 0) is 92.1 Å². The molecule has 6 aromatic rings. The maximum atomic E-state index is 15.0. The molecule has 13 N–H and O–H groups in total. The summed E-state index contributed by atoms with van der Waals surface area (Å²) in [6.07, 6.45) is 5.30. The van der Waals surface area contributed by atoms with Gasteiger partial charge in [-0.25, -0.2) is 0 Å². The molecule has 7 rings (SSSR count). The molecule has 7 atom stereocenters. The van der Waals surface area contributed by atoms with Crippen molar-refractivity contribution >= 4 is 63.2 Å². The van der Waals surface area contributed by atoms with Crippen LogP contribution in [0.25, 0.3) is 21.8 Å². The number of aromatic hydroxyl groups is 1. The fourth-order valence-electron chi connectivity index (χ4n) is 9.46. The average Bonchev–Trinajstić information content (AvgIpc) is 4.04. The van der Waals surface area contributed by atoms with E-state index >= 15 is 4.79 Å². The number of carbonyl (C=O) groups is 7. The summed E-state index contributed by atoms with van der Waals surface area (Å²) in [7, 11) is 0. The van der Waals surface area contributed by atoms with Gasteiger partial charge >= 0.3 is 0 Å². The predicted molar refractivity (Wildman–Crippen MR) is 288 cm³/mol. The lowest BCUT2D eigenvalue weighted by Crippen LogP contribution is -2.61. The largest absolute Gasteiger partial charge is 0.508 e. The monoisotopic (exact) mass is 1040 g/mol. The van der Waals surface area contributed by atoms with Crippen molar-refractivity contribution in [1.82, 2.24) is 47.2 Å². The third kappa shape index (κ3) is 15.7. The predicted octanol–water partition coefficient (Wildman–Crippen LogP) is 3.12. The zero-order valence-electron chi connectivity index (χ0n) is 42.7. The molecule has 0 spiro atoms. The maximum absolute atomic E-state index is 15.0. The van der Waals surface area contributed by atoms with Crippen molar-refractivity contribution in [3.8, 4) is 5.75 Å². The van der Waals surface area contributed by atoms with Crippen LogP contribution in [0, 0.1) is 0 Å². The Morgan fingerprint density at radius 3 is 1.58 bits per heavy atom. The van der Waals surface area contributed by atoms with Gasteiger partial charge in [-0.2, -0.15) is 0 Å². The normalized spacial score (nSPS) is 21.9. The number of carbonyl (C=O) groups excluding carboxylic acids is 7. The van der Waals surface area contributed by atoms with Crippen LogP contribution in [0.3, 0.4) is 0 Å². The van der Waals surface area contributed by atoms with Crippen LogP contribution in [0.2, 0.25) is 0 Å². The summed E-state index contributed by atoms with van der Waals surface area (Å²) >= 11 is 0. The highest BCUT2D eigenvalue weighted by molar-refractivity contribution is 5.98. The quantitative estimate of drug-likeness (QED) is 0.0751. The third-order valence-electron chi connectivity index (χ3n) is 13.7. The number of phenols is 1. The number of aromatic amines is 2. The number of amides is 7. The summed E-state index contributed by atoms with van der Waals surface area (Å²) < 4.78 is 0. The lowest BCUT2D eigenvalue weighted by molar-refractivity contribution is -0.136. The topological polar surface area (TPSA) is 302 Å². The standard InChI is InChI=1S/C57H70N10O9/c1-35(68)51-57(76)66-46(29-36-15-5-4-6-16-36)52(71)59-28-14-3-2-7-22-50(70)62-47(30-37-23-25-40(69)26-24-37)54(73)64-49(32-39-34-61-44-20-11-9-18-42(39)44)56(75)65-48(31-38-33-60-43-19-10-8-17-41(38)43)55(74)63-45(53(72)67-51)21-12-13-27-58/h4-6,8-11,15-20,23-26,33-35,45-49,51,60-61,68-69H,2-3,7,12-14,21-22,27-32,58H2,1H3,(H,59,71)(H,62,70)(H,63,74)(H,64,73)(H,65,75)(H,66,76)(H,67,72)/t35-,45+,46?,47+,48?,49+,51+/m1/s1. The van der Waals surface area contributed by atoms with E-state index in [4.69, 9.17) is 5.73 Å². The minimum absolute atomic E-state index is 0.0137. The second-order valence-corrected chi connectivity index (χ2v) is 19.5. The van der Waals surface area contributed by atoms with Gasteiger partial charge in [-0.3, -0.25) is 33.6 Å². The molecule has 402 valence electrons. The number of nitrogens with one attached hydrogen (secondary N) is 9. The lowest BCUT2D eigenvalue weighted by Gasteiger charge is -2.28. The molecule has 76 heavy (non-hydrogen) atoms. The van der Waals surface area contributed by atoms with Gasteiger partial charge in [-0.1, -0.05) is 91.7 Å². The third-order valence-corrected chi connectivity index (χ3v) is 13.7. The number of hydrogen-bond donors (Lipinski definition) is 12. The first-order valence-corrected chi connectivity index (χ1v) is 26.1. The number of benzene rings is 4. The molecule has 3 heterocycles. The van der Waals surface area contributed by atoms with Crippen molar-refractivity contribution in [2.24, 2.45) is 5.73 Å². The molecule has 1 aliphatic heterocycles. The molecule has 1 fully saturated rings. The SMILES string of the molecule is C[C@@H](O)[C@@H]1NC(=O)[C@H](CCCCN)NC(=O)C(Cc2c[nH]c3ccccc23)NC(=O)[C@H](Cc2c[nH]c3ccccc23)NC(=O)[C@H](Cc2ccc(O)cc2)NC(=O)CCCCCCNC(=O)C(Cc2ccccc2)NC1=O. The van der Waals surface area contributed by atoms with E-state index < -0.39 is 83.7 Å². The summed E-state index contributed by atoms with van der Waals surface area (Å²) in [5.74, 6) is -4.67. The van der Waals surface area contributed by atoms with E-state index in [0.717, 1.165) is 27.4 Å². The molecule has 7 amide bonds. The molecule has 4 aromatic carbocycles. The second-order valence-electron chi connectivity index (χ2n) is 19.5. The summed E-state index contributed by atoms with van der Waals surface area (Å²) in [6, 6.07) is 22.4. The van der Waals surface area contributed by atoms with E-state index in [-0.39, 0.29) is 57.4 Å². The number of fused-ring (bicyclic) bond motifs is 2. The molecule has 19 heteroatoms. The number of unbranched alkanes of at least 4 members (excludes halogenated alkanes) is 1. The van der Waals surface area contributed by atoms with Crippen LogP contribution in [0.15, 0.2) is 116 Å². The molecular formula is C57H70N10O9. The smallest absolute Gasteiger partial charge is 0.245 e. The highest BCUT2D eigenvalue weighted by atomic mass is 16.3. The van der Waals surface area contributed by atoms with E-state index in [2.05, 4.69) is 47.2 Å². The van der Waals surface area contributed by atoms with Gasteiger partial charge in [-0.15, -0.1) is 0 Å². The van der Waals surface area contributed by atoms with Gasteiger partial charge in [0.2, 0.25) is 41.4 Å². The summed E-state index contributed by atoms with van der Waals surface area (Å²) in [6.45, 7) is 1.87. The van der Waals surface area contributed by atoms with Crippen LogP contribution in [0.1, 0.15) is 80.5 Å². The summed E-state index contributed by atoms with van der Waals surface area (Å²) in [5.41, 5.74) is 10.2. The van der Waals surface area contributed by atoms with Gasteiger partial charge in [0, 0.05) is 72.8 Å². The molecule has 0 bridgehead atoms. The van der Waals surface area contributed by atoms with Crippen molar-refractivity contribution < 1.29 is 43.8 Å². The summed E-state index contributed by atoms with van der Waals surface area (Å²) in [4.78, 5) is 107. The first kappa shape index (κ1) is 55.7. The Labute approximate surface area is 441 Å². The number of aliphatic hydroxyl groups is 1. The fourth-order valence-corrected chi connectivity index (χ4v) is 9.46. The molecule has 0 radical (unpaired) electrons. The molecule has 0 aliphatic carbocycles. The molecule has 1 saturated heterocycles. The van der Waals surface area contributed by atoms with Gasteiger partial charge in [0.05, 0.1) is 6.10 Å². The number of aromatic nitrogens is 2. The summed E-state index contributed by atoms with van der Waals surface area (Å²) in [5, 5.41) is 42.4. The van der Waals surface area contributed by atoms with E-state index in [0.29, 0.717) is 55.2 Å². The van der Waals surface area contributed by atoms with Gasteiger partial charge in [0.25, 0.3) is 0 Å². The van der Waals surface area contributed by atoms with Gasteiger partial charge in [0.15, 0.2) is 0 Å². The van der Waals surface area contributed by atoms with E-state index in [1.54, 1.807) is 36.7 Å². The Bertz CT molecular complexity index is 2920. The molecule has 19 nitrogen and oxygen atoms in total. The van der Waals surface area contributed by atoms with E-state index in [1.807, 2.05) is 66.7 Å². The van der Waals surface area contributed by atoms with E-state index in [1.165, 1.54) is 19.1 Å². The zero-order chi connectivity index (χ0) is 54.0. The minimum Gasteiger partial charge on any atom is -0.508 e. The number of nitrogens with two attached hydrogens (primary N) is 1. The van der Waals surface area contributed by atoms with Crippen LogP contribution in [0.4, 0.5) is 0 Å². The zero-order valence-corrected chi connectivity index (χ0v) is 42.7. The van der Waals surface area contributed by atoms with Crippen molar-refractivity contribution in [2.75, 3.05) is 13.1 Å². The van der Waals surface area contributed by atoms with Crippen LogP contribution in [0.5, 0.6) is 5.75 Å². The van der Waals surface area contributed by atoms with Crippen molar-refractivity contribution in [1.29, 1.82) is 0 Å². The number of aliphatic hydroxyl groups excluding tert-OH is 1. The first-order chi connectivity index (χ1) is 36.8. The Kier molecular flexibility index (Phi) is 20.2. The fraction of sp³-hybridized carbons (Fsp3) is 0.386. The molecule has 0 saturated carbocycles. The van der Waals surface area contributed by atoms with Crippen molar-refractivity contribution in [3.05, 3.63) is 138 Å². The van der Waals surface area contributed by atoms with E-state index in [9.17, 15) is 39.0 Å². The van der Waals surface area contributed by atoms with Crippen LogP contribution in [-0.2, 0) is 59.2 Å². The van der Waals surface area contributed by atoms with Gasteiger partial charge in [0.1, 0.15) is 42.0 Å². The Hall–Kier alpha value is -8.03. The van der Waals surface area contributed by atoms with Crippen molar-refractivity contribution in [3.63, 3.8) is 0 Å². The van der Waals surface area contributed by atoms with Crippen LogP contribution >= 0.6 is 0 Å². The molecule has 2 aromatic heterocycles. The highest BCUT2D eigenvalue weighted by Gasteiger charge is 2.36. The number of para-hydroxylation sites is 2. The number of hydrogen-bond acceptors (Lipinski definition) is 10. The second kappa shape index (κ2) is 27.5. The average molecular weight is 1040 g/mol. The maximum Gasteiger partial charge on any atom is 0.245 e. The highest BCUT2D eigenvalue weighted by Crippen LogP contribution is 2.22. The lowest BCUT2D eigenvalue weighted by atomic mass is 9.99. The van der Waals surface area contributed by atoms with Crippen LogP contribution in [-0.4, -0.2) is 117 Å². The number of H-pyrrole nitrogens is 2. The Morgan fingerprint density at radius 2 is 1.00 bits per heavy atom. The molecular weight excluding hydrogens is 969 g/mol. The van der Waals surface area contributed by atoms with Crippen LogP contribution < -0.4 is 43.0 Å². The molecule has 1 aliphatic rings. The number of rotatable bonds is 13. The van der Waals surface area contributed by atoms with Gasteiger partial charge < -0.3 is 63.1 Å². The number of phenolic OH excluding ortho intramolecular Hbond substituents is 1. The Morgan fingerprint density at radius 1 is 0.513 bits per heavy atom. The van der Waals surface area contributed by atoms with Crippen molar-refractivity contribution in [2.45, 2.75) is 126 Å². The Balaban J connectivity index is 1.24. The minimum atomic E-state index is -1.56. The molecule has 2 unspecified atom stereocenters.